The van der Waals surface area contributed by atoms with Crippen LogP contribution in [0, 0.1) is 5.41 Å². The molecule has 2 saturated heterocycles. The van der Waals surface area contributed by atoms with Crippen molar-refractivity contribution in [3.63, 3.8) is 0 Å². The third kappa shape index (κ3) is 8.03. The molecule has 0 spiro atoms. The quantitative estimate of drug-likeness (QED) is 0.341. The van der Waals surface area contributed by atoms with Crippen molar-refractivity contribution in [1.29, 1.82) is 0 Å². The zero-order valence-corrected chi connectivity index (χ0v) is 24.9. The Morgan fingerprint density at radius 3 is 2.37 bits per heavy atom. The molecule has 3 heterocycles. The fourth-order valence-electron chi connectivity index (χ4n) is 6.00. The van der Waals surface area contributed by atoms with Gasteiger partial charge in [0.1, 0.15) is 0 Å². The van der Waals surface area contributed by atoms with Gasteiger partial charge in [-0.1, -0.05) is 26.0 Å². The number of nitrogens with zero attached hydrogens (tertiary/aromatic N) is 5. The summed E-state index contributed by atoms with van der Waals surface area (Å²) in [6.07, 6.45) is 3.69. The first-order valence-corrected chi connectivity index (χ1v) is 14.7. The molecule has 0 radical (unpaired) electrons. The van der Waals surface area contributed by atoms with Gasteiger partial charge in [0.2, 0.25) is 11.9 Å². The predicted octanol–water partition coefficient (Wildman–Crippen LogP) is 4.29. The Morgan fingerprint density at radius 2 is 1.71 bits per heavy atom. The van der Waals surface area contributed by atoms with Crippen LogP contribution in [0.1, 0.15) is 26.7 Å². The van der Waals surface area contributed by atoms with Gasteiger partial charge >= 0.3 is 0 Å². The molecule has 41 heavy (non-hydrogen) atoms. The van der Waals surface area contributed by atoms with E-state index in [1.165, 1.54) is 5.69 Å². The van der Waals surface area contributed by atoms with Gasteiger partial charge in [-0.2, -0.15) is 0 Å². The van der Waals surface area contributed by atoms with Crippen molar-refractivity contribution >= 4 is 28.9 Å². The average Bonchev–Trinajstić information content (AvgIpc) is 3.49. The molecule has 1 amide bonds. The number of benzene rings is 2. The Hall–Kier alpha value is -3.53. The van der Waals surface area contributed by atoms with Crippen molar-refractivity contribution in [3.05, 3.63) is 60.8 Å². The fourth-order valence-corrected chi connectivity index (χ4v) is 6.00. The minimum absolute atomic E-state index is 0.0247. The lowest BCUT2D eigenvalue weighted by Gasteiger charge is -2.40. The SMILES string of the molecule is CN(C)CC(C)(C)CN1CCN(c2ccc(Nc3nccc(-c4ccc(NC(=O)C5CCCN5)cc4)n3)cc2)CC1. The highest BCUT2D eigenvalue weighted by Gasteiger charge is 2.26. The second kappa shape index (κ2) is 13.0. The highest BCUT2D eigenvalue weighted by atomic mass is 16.2. The maximum atomic E-state index is 12.4. The minimum atomic E-state index is -0.0971. The Bertz CT molecular complexity index is 1280. The number of amides is 1. The van der Waals surface area contributed by atoms with Crippen molar-refractivity contribution in [2.24, 2.45) is 5.41 Å². The average molecular weight is 557 g/mol. The molecular weight excluding hydrogens is 512 g/mol. The molecule has 9 heteroatoms. The summed E-state index contributed by atoms with van der Waals surface area (Å²) in [4.78, 5) is 28.9. The number of hydrogen-bond acceptors (Lipinski definition) is 8. The molecule has 5 rings (SSSR count). The number of aromatic nitrogens is 2. The maximum absolute atomic E-state index is 12.4. The van der Waals surface area contributed by atoms with Gasteiger partial charge in [0, 0.05) is 68.1 Å². The standard InChI is InChI=1S/C32H44N8O/c1-32(2,22-38(3)4)23-39-18-20-40(21-19-39)27-13-11-26(12-14-27)36-31-34-17-15-28(37-31)24-7-9-25(10-8-24)35-30(41)29-6-5-16-33-29/h7-15,17,29,33H,5-6,16,18-23H2,1-4H3,(H,35,41)(H,34,36,37). The van der Waals surface area contributed by atoms with Crippen LogP contribution in [0.3, 0.4) is 0 Å². The van der Waals surface area contributed by atoms with Gasteiger partial charge in [-0.25, -0.2) is 9.97 Å². The number of nitrogens with one attached hydrogen (secondary N) is 3. The molecule has 3 N–H and O–H groups in total. The first kappa shape index (κ1) is 29.0. The molecule has 9 nitrogen and oxygen atoms in total. The number of piperazine rings is 1. The summed E-state index contributed by atoms with van der Waals surface area (Å²) in [5.74, 6) is 0.575. The lowest BCUT2D eigenvalue weighted by atomic mass is 9.92. The van der Waals surface area contributed by atoms with Crippen LogP contribution in [0.4, 0.5) is 23.0 Å². The molecule has 2 aliphatic rings. The van der Waals surface area contributed by atoms with E-state index in [1.807, 2.05) is 30.3 Å². The topological polar surface area (TPSA) is 88.7 Å². The van der Waals surface area contributed by atoms with Crippen LogP contribution in [0.5, 0.6) is 0 Å². The number of anilines is 4. The summed E-state index contributed by atoms with van der Waals surface area (Å²) >= 11 is 0. The van der Waals surface area contributed by atoms with Crippen LogP contribution >= 0.6 is 0 Å². The van der Waals surface area contributed by atoms with E-state index in [1.54, 1.807) is 6.20 Å². The van der Waals surface area contributed by atoms with Crippen LogP contribution in [-0.4, -0.2) is 91.6 Å². The van der Waals surface area contributed by atoms with E-state index in [4.69, 9.17) is 4.98 Å². The highest BCUT2D eigenvalue weighted by molar-refractivity contribution is 5.95. The summed E-state index contributed by atoms with van der Waals surface area (Å²) in [6, 6.07) is 18.1. The van der Waals surface area contributed by atoms with Crippen LogP contribution in [0.25, 0.3) is 11.3 Å². The van der Waals surface area contributed by atoms with Crippen molar-refractivity contribution in [2.75, 3.05) is 75.4 Å². The summed E-state index contributed by atoms with van der Waals surface area (Å²) < 4.78 is 0. The molecule has 218 valence electrons. The Morgan fingerprint density at radius 1 is 1.00 bits per heavy atom. The lowest BCUT2D eigenvalue weighted by Crippen LogP contribution is -2.50. The molecule has 0 aliphatic carbocycles. The van der Waals surface area contributed by atoms with E-state index in [9.17, 15) is 4.79 Å². The Kier molecular flexibility index (Phi) is 9.17. The van der Waals surface area contributed by atoms with Gasteiger partial charge in [-0.3, -0.25) is 9.69 Å². The van der Waals surface area contributed by atoms with Gasteiger partial charge in [0.25, 0.3) is 0 Å². The second-order valence-electron chi connectivity index (χ2n) is 12.3. The van der Waals surface area contributed by atoms with Crippen molar-refractivity contribution in [1.82, 2.24) is 25.1 Å². The molecular formula is C32H44N8O. The van der Waals surface area contributed by atoms with E-state index in [2.05, 4.69) is 87.8 Å². The molecule has 1 atom stereocenters. The summed E-state index contributed by atoms with van der Waals surface area (Å²) in [5.41, 5.74) is 5.05. The van der Waals surface area contributed by atoms with Crippen molar-refractivity contribution in [3.8, 4) is 11.3 Å². The number of carbonyl (C=O) groups is 1. The number of carbonyl (C=O) groups excluding carboxylic acids is 1. The minimum Gasteiger partial charge on any atom is -0.369 e. The third-order valence-corrected chi connectivity index (χ3v) is 7.74. The molecule has 2 aliphatic heterocycles. The van der Waals surface area contributed by atoms with Crippen LogP contribution in [0.15, 0.2) is 60.8 Å². The van der Waals surface area contributed by atoms with E-state index in [0.29, 0.717) is 5.95 Å². The van der Waals surface area contributed by atoms with Crippen molar-refractivity contribution in [2.45, 2.75) is 32.7 Å². The van der Waals surface area contributed by atoms with Gasteiger partial charge in [-0.15, -0.1) is 0 Å². The van der Waals surface area contributed by atoms with E-state index >= 15 is 0 Å². The molecule has 1 unspecified atom stereocenters. The van der Waals surface area contributed by atoms with Crippen LogP contribution in [-0.2, 0) is 4.79 Å². The number of hydrogen-bond donors (Lipinski definition) is 3. The van der Waals surface area contributed by atoms with Crippen molar-refractivity contribution < 1.29 is 4.79 Å². The van der Waals surface area contributed by atoms with Gasteiger partial charge < -0.3 is 25.8 Å². The molecule has 2 fully saturated rings. The largest absolute Gasteiger partial charge is 0.369 e. The maximum Gasteiger partial charge on any atom is 0.241 e. The van der Waals surface area contributed by atoms with Gasteiger partial charge in [0.05, 0.1) is 11.7 Å². The molecule has 1 aromatic heterocycles. The normalized spacial score (nSPS) is 18.1. The fraction of sp³-hybridized carbons (Fsp3) is 0.469. The molecule has 3 aromatic rings. The monoisotopic (exact) mass is 556 g/mol. The summed E-state index contributed by atoms with van der Waals surface area (Å²) in [6.45, 7) is 12.1. The second-order valence-corrected chi connectivity index (χ2v) is 12.3. The zero-order chi connectivity index (χ0) is 28.8. The first-order valence-electron chi connectivity index (χ1n) is 14.7. The Labute approximate surface area is 244 Å². The third-order valence-electron chi connectivity index (χ3n) is 7.74. The number of rotatable bonds is 10. The predicted molar refractivity (Wildman–Crippen MR) is 168 cm³/mol. The molecule has 2 aromatic carbocycles. The molecule has 0 bridgehead atoms. The van der Waals surface area contributed by atoms with E-state index in [0.717, 1.165) is 81.3 Å². The summed E-state index contributed by atoms with van der Waals surface area (Å²) in [7, 11) is 4.30. The van der Waals surface area contributed by atoms with Crippen LogP contribution in [0.2, 0.25) is 0 Å². The zero-order valence-electron chi connectivity index (χ0n) is 24.9. The van der Waals surface area contributed by atoms with Gasteiger partial charge in [-0.05, 0) is 81.4 Å². The van der Waals surface area contributed by atoms with E-state index in [-0.39, 0.29) is 17.4 Å². The van der Waals surface area contributed by atoms with Gasteiger partial charge in [0.15, 0.2) is 0 Å². The highest BCUT2D eigenvalue weighted by Crippen LogP contribution is 2.25. The smallest absolute Gasteiger partial charge is 0.241 e. The lowest BCUT2D eigenvalue weighted by molar-refractivity contribution is -0.117. The Balaban J connectivity index is 1.14. The summed E-state index contributed by atoms with van der Waals surface area (Å²) in [5, 5.41) is 9.57. The molecule has 0 saturated carbocycles. The van der Waals surface area contributed by atoms with Crippen LogP contribution < -0.4 is 20.9 Å². The first-order chi connectivity index (χ1) is 19.7. The van der Waals surface area contributed by atoms with E-state index < -0.39 is 0 Å².